The Kier molecular flexibility index (Phi) is 5.00. The molecule has 0 aliphatic heterocycles. The van der Waals surface area contributed by atoms with Crippen molar-refractivity contribution in [3.05, 3.63) is 118 Å². The van der Waals surface area contributed by atoms with E-state index in [9.17, 15) is 0 Å². The van der Waals surface area contributed by atoms with Crippen molar-refractivity contribution < 1.29 is 0 Å². The molecule has 5 aromatic carbocycles. The van der Waals surface area contributed by atoms with Gasteiger partial charge in [0.15, 0.2) is 0 Å². The van der Waals surface area contributed by atoms with E-state index in [4.69, 9.17) is 11.6 Å². The summed E-state index contributed by atoms with van der Waals surface area (Å²) in [6.45, 7) is 4.45. The van der Waals surface area contributed by atoms with E-state index in [1.54, 1.807) is 0 Å². The molecular weight excluding hydrogens is 420 g/mol. The second-order valence-corrected chi connectivity index (χ2v) is 9.96. The van der Waals surface area contributed by atoms with Crippen LogP contribution in [0, 0.1) is 13.8 Å². The van der Waals surface area contributed by atoms with Crippen LogP contribution in [0.25, 0.3) is 32.7 Å². The fraction of sp³-hybridized carbons (Fsp3) is 0.188. The van der Waals surface area contributed by atoms with Crippen LogP contribution in [0.2, 0.25) is 5.02 Å². The molecule has 5 aromatic rings. The van der Waals surface area contributed by atoms with Crippen LogP contribution < -0.4 is 0 Å². The summed E-state index contributed by atoms with van der Waals surface area (Å²) in [5.74, 6) is 0.404. The summed E-state index contributed by atoms with van der Waals surface area (Å²) >= 11 is 6.23. The van der Waals surface area contributed by atoms with E-state index in [1.807, 2.05) is 12.1 Å². The van der Waals surface area contributed by atoms with E-state index in [0.717, 1.165) is 11.4 Å². The molecule has 1 unspecified atom stereocenters. The van der Waals surface area contributed by atoms with Gasteiger partial charge in [-0.1, -0.05) is 90.0 Å². The molecule has 0 spiro atoms. The zero-order valence-electron chi connectivity index (χ0n) is 19.2. The second-order valence-electron chi connectivity index (χ2n) is 9.52. The number of benzene rings is 5. The molecule has 0 saturated heterocycles. The Morgan fingerprint density at radius 2 is 1.52 bits per heavy atom. The van der Waals surface area contributed by atoms with Crippen LogP contribution in [-0.4, -0.2) is 0 Å². The fourth-order valence-electron chi connectivity index (χ4n) is 5.95. The first kappa shape index (κ1) is 20.5. The average Bonchev–Trinajstić information content (AvgIpc) is 2.83. The highest BCUT2D eigenvalue weighted by molar-refractivity contribution is 6.30. The molecule has 0 heterocycles. The molecule has 33 heavy (non-hydrogen) atoms. The van der Waals surface area contributed by atoms with Crippen molar-refractivity contribution in [3.8, 4) is 11.1 Å². The topological polar surface area (TPSA) is 0 Å². The van der Waals surface area contributed by atoms with Crippen LogP contribution in [0.1, 0.15) is 46.6 Å². The molecule has 0 radical (unpaired) electrons. The van der Waals surface area contributed by atoms with Gasteiger partial charge >= 0.3 is 0 Å². The lowest BCUT2D eigenvalue weighted by Gasteiger charge is -2.29. The average molecular weight is 447 g/mol. The molecule has 0 saturated carbocycles. The molecule has 0 aromatic heterocycles. The molecule has 0 nitrogen and oxygen atoms in total. The number of fused-ring (bicyclic) bond motifs is 5. The van der Waals surface area contributed by atoms with E-state index in [2.05, 4.69) is 86.6 Å². The van der Waals surface area contributed by atoms with Crippen molar-refractivity contribution in [2.45, 2.75) is 39.0 Å². The van der Waals surface area contributed by atoms with Crippen molar-refractivity contribution in [3.63, 3.8) is 0 Å². The fourth-order valence-corrected chi connectivity index (χ4v) is 6.07. The SMILES string of the molecule is Cc1cc(C)c2ccc3c4c(cc(-c5ccccc5)c3c2c1)CCCC4c1ccc(Cl)cc1. The van der Waals surface area contributed by atoms with E-state index in [-0.39, 0.29) is 0 Å². The van der Waals surface area contributed by atoms with Crippen LogP contribution in [0.4, 0.5) is 0 Å². The summed E-state index contributed by atoms with van der Waals surface area (Å²) < 4.78 is 0. The molecule has 162 valence electrons. The summed E-state index contributed by atoms with van der Waals surface area (Å²) in [6.07, 6.45) is 3.53. The lowest BCUT2D eigenvalue weighted by atomic mass is 9.74. The van der Waals surface area contributed by atoms with Crippen molar-refractivity contribution in [1.82, 2.24) is 0 Å². The summed E-state index contributed by atoms with van der Waals surface area (Å²) in [4.78, 5) is 0. The summed E-state index contributed by atoms with van der Waals surface area (Å²) in [6, 6.07) is 31.3. The van der Waals surface area contributed by atoms with Gasteiger partial charge in [-0.2, -0.15) is 0 Å². The van der Waals surface area contributed by atoms with Crippen LogP contribution >= 0.6 is 11.6 Å². The van der Waals surface area contributed by atoms with E-state index in [0.29, 0.717) is 5.92 Å². The smallest absolute Gasteiger partial charge is 0.0406 e. The number of hydrogen-bond donors (Lipinski definition) is 0. The van der Waals surface area contributed by atoms with Crippen LogP contribution in [0.3, 0.4) is 0 Å². The molecule has 1 aliphatic rings. The second kappa shape index (κ2) is 8.04. The molecule has 0 N–H and O–H groups in total. The lowest BCUT2D eigenvalue weighted by molar-refractivity contribution is 0.620. The third kappa shape index (κ3) is 3.45. The van der Waals surface area contributed by atoms with Gasteiger partial charge in [0.05, 0.1) is 0 Å². The van der Waals surface area contributed by atoms with Gasteiger partial charge in [0.1, 0.15) is 0 Å². The standard InChI is InChI=1S/C32H27Cl/c1-20-17-21(2)26-15-16-28-31-24(9-6-10-27(31)23-11-13-25(33)14-12-23)19-29(32(28)30(26)18-20)22-7-4-3-5-8-22/h3-5,7-8,11-19,27H,6,9-10H2,1-2H3. The Labute approximate surface area is 200 Å². The highest BCUT2D eigenvalue weighted by atomic mass is 35.5. The van der Waals surface area contributed by atoms with Crippen molar-refractivity contribution in [2.24, 2.45) is 0 Å². The van der Waals surface area contributed by atoms with E-state index >= 15 is 0 Å². The van der Waals surface area contributed by atoms with Gasteiger partial charge in [-0.3, -0.25) is 0 Å². The molecule has 0 fully saturated rings. The minimum atomic E-state index is 0.404. The van der Waals surface area contributed by atoms with Gasteiger partial charge in [-0.25, -0.2) is 0 Å². The quantitative estimate of drug-likeness (QED) is 0.237. The zero-order valence-corrected chi connectivity index (χ0v) is 19.9. The Balaban J connectivity index is 1.74. The first-order chi connectivity index (χ1) is 16.1. The summed E-state index contributed by atoms with van der Waals surface area (Å²) in [5.41, 5.74) is 9.70. The van der Waals surface area contributed by atoms with Gasteiger partial charge in [0.25, 0.3) is 0 Å². The Morgan fingerprint density at radius 3 is 2.30 bits per heavy atom. The number of rotatable bonds is 2. The van der Waals surface area contributed by atoms with Crippen molar-refractivity contribution in [2.75, 3.05) is 0 Å². The van der Waals surface area contributed by atoms with Gasteiger partial charge in [-0.05, 0) is 100 Å². The normalized spacial score (nSPS) is 15.7. The van der Waals surface area contributed by atoms with Crippen LogP contribution in [0.15, 0.2) is 84.9 Å². The van der Waals surface area contributed by atoms with Crippen molar-refractivity contribution >= 4 is 33.1 Å². The highest BCUT2D eigenvalue weighted by Crippen LogP contribution is 2.46. The molecular formula is C32H27Cl. The maximum atomic E-state index is 6.23. The predicted octanol–water partition coefficient (Wildman–Crippen LogP) is 9.40. The minimum Gasteiger partial charge on any atom is -0.0843 e. The maximum absolute atomic E-state index is 6.23. The van der Waals surface area contributed by atoms with Gasteiger partial charge in [0, 0.05) is 10.9 Å². The van der Waals surface area contributed by atoms with Gasteiger partial charge in [-0.15, -0.1) is 0 Å². The maximum Gasteiger partial charge on any atom is 0.0406 e. The minimum absolute atomic E-state index is 0.404. The molecule has 1 atom stereocenters. The number of halogens is 1. The molecule has 1 heteroatoms. The third-order valence-electron chi connectivity index (χ3n) is 7.36. The van der Waals surface area contributed by atoms with Crippen molar-refractivity contribution in [1.29, 1.82) is 0 Å². The lowest BCUT2D eigenvalue weighted by Crippen LogP contribution is -2.12. The molecule has 6 rings (SSSR count). The van der Waals surface area contributed by atoms with Gasteiger partial charge in [0.2, 0.25) is 0 Å². The monoisotopic (exact) mass is 446 g/mol. The number of hydrogen-bond acceptors (Lipinski definition) is 0. The number of aryl methyl sites for hydroxylation is 3. The third-order valence-corrected chi connectivity index (χ3v) is 7.61. The largest absolute Gasteiger partial charge is 0.0843 e. The Hall–Kier alpha value is -3.09. The summed E-state index contributed by atoms with van der Waals surface area (Å²) in [5, 5.41) is 6.32. The van der Waals surface area contributed by atoms with E-state index < -0.39 is 0 Å². The van der Waals surface area contributed by atoms with Crippen LogP contribution in [0.5, 0.6) is 0 Å². The Morgan fingerprint density at radius 1 is 0.758 bits per heavy atom. The molecule has 0 bridgehead atoms. The Bertz CT molecular complexity index is 1490. The molecule has 0 amide bonds. The highest BCUT2D eigenvalue weighted by Gasteiger charge is 2.26. The van der Waals surface area contributed by atoms with Gasteiger partial charge < -0.3 is 0 Å². The zero-order chi connectivity index (χ0) is 22.5. The molecule has 1 aliphatic carbocycles. The summed E-state index contributed by atoms with van der Waals surface area (Å²) in [7, 11) is 0. The first-order valence-corrected chi connectivity index (χ1v) is 12.3. The predicted molar refractivity (Wildman–Crippen MR) is 143 cm³/mol. The first-order valence-electron chi connectivity index (χ1n) is 11.9. The van der Waals surface area contributed by atoms with Crippen LogP contribution in [-0.2, 0) is 6.42 Å². The van der Waals surface area contributed by atoms with E-state index in [1.165, 1.54) is 73.3 Å².